The SMILES string of the molecule is CNC(=O)c1cccc(CNc2cccc3c2CN(C2CCC(=O)NC2O)C3=O)c1F. The molecule has 0 bridgehead atoms. The van der Waals surface area contributed by atoms with E-state index >= 15 is 0 Å². The quantitative estimate of drug-likeness (QED) is 0.577. The first-order chi connectivity index (χ1) is 14.9. The number of rotatable bonds is 5. The molecule has 9 heteroatoms. The van der Waals surface area contributed by atoms with Gasteiger partial charge in [-0.3, -0.25) is 14.4 Å². The Morgan fingerprint density at radius 3 is 2.77 bits per heavy atom. The van der Waals surface area contributed by atoms with Gasteiger partial charge in [0.05, 0.1) is 11.6 Å². The van der Waals surface area contributed by atoms with Gasteiger partial charge in [0.1, 0.15) is 12.0 Å². The van der Waals surface area contributed by atoms with Crippen LogP contribution < -0.4 is 16.0 Å². The Hall–Kier alpha value is -3.46. The predicted molar refractivity (Wildman–Crippen MR) is 111 cm³/mol. The minimum atomic E-state index is -1.11. The molecule has 3 amide bonds. The number of hydrogen-bond acceptors (Lipinski definition) is 5. The summed E-state index contributed by atoms with van der Waals surface area (Å²) in [5.41, 5.74) is 2.22. The van der Waals surface area contributed by atoms with Crippen molar-refractivity contribution in [3.63, 3.8) is 0 Å². The second-order valence-corrected chi connectivity index (χ2v) is 7.59. The standard InChI is InChI=1S/C22H23FN4O4/c1-24-20(29)14-6-2-4-12(19(14)23)10-25-16-7-3-5-13-15(16)11-27(22(13)31)17-8-9-18(28)26-21(17)30/h2-7,17,21,25,30H,8-11H2,1H3,(H,24,29)(H,26,28). The molecule has 0 spiro atoms. The maximum atomic E-state index is 14.7. The molecule has 2 aromatic carbocycles. The van der Waals surface area contributed by atoms with E-state index in [9.17, 15) is 23.9 Å². The first kappa shape index (κ1) is 20.8. The van der Waals surface area contributed by atoms with Crippen molar-refractivity contribution in [1.82, 2.24) is 15.5 Å². The van der Waals surface area contributed by atoms with Crippen LogP contribution in [-0.2, 0) is 17.9 Å². The second-order valence-electron chi connectivity index (χ2n) is 7.59. The fourth-order valence-corrected chi connectivity index (χ4v) is 4.10. The molecule has 2 unspecified atom stereocenters. The molecule has 1 fully saturated rings. The molecule has 2 heterocycles. The average molecular weight is 426 g/mol. The molecular weight excluding hydrogens is 403 g/mol. The summed E-state index contributed by atoms with van der Waals surface area (Å²) in [5, 5.41) is 18.3. The van der Waals surface area contributed by atoms with Crippen molar-refractivity contribution in [3.05, 3.63) is 64.5 Å². The molecule has 0 aromatic heterocycles. The molecular formula is C22H23FN4O4. The van der Waals surface area contributed by atoms with Crippen LogP contribution in [0.15, 0.2) is 36.4 Å². The fraction of sp³-hybridized carbons (Fsp3) is 0.318. The highest BCUT2D eigenvalue weighted by Crippen LogP contribution is 2.33. The van der Waals surface area contributed by atoms with Gasteiger partial charge in [-0.1, -0.05) is 18.2 Å². The summed E-state index contributed by atoms with van der Waals surface area (Å²) in [4.78, 5) is 37.8. The zero-order valence-electron chi connectivity index (χ0n) is 16.9. The van der Waals surface area contributed by atoms with Gasteiger partial charge in [0.2, 0.25) is 5.91 Å². The first-order valence-corrected chi connectivity index (χ1v) is 10.0. The number of fused-ring (bicyclic) bond motifs is 1. The van der Waals surface area contributed by atoms with Gasteiger partial charge in [0.15, 0.2) is 0 Å². The number of anilines is 1. The molecule has 2 aliphatic heterocycles. The number of aliphatic hydroxyl groups excluding tert-OH is 1. The predicted octanol–water partition coefficient (Wildman–Crippen LogP) is 1.35. The summed E-state index contributed by atoms with van der Waals surface area (Å²) in [6, 6.07) is 9.37. The van der Waals surface area contributed by atoms with Crippen molar-refractivity contribution < 1.29 is 23.9 Å². The fourth-order valence-electron chi connectivity index (χ4n) is 4.10. The van der Waals surface area contributed by atoms with Gasteiger partial charge < -0.3 is 26.0 Å². The zero-order chi connectivity index (χ0) is 22.1. The molecule has 162 valence electrons. The van der Waals surface area contributed by atoms with Crippen LogP contribution in [0.25, 0.3) is 0 Å². The van der Waals surface area contributed by atoms with Gasteiger partial charge in [-0.2, -0.15) is 0 Å². The van der Waals surface area contributed by atoms with E-state index in [4.69, 9.17) is 0 Å². The Bertz CT molecular complexity index is 1060. The van der Waals surface area contributed by atoms with Gasteiger partial charge in [-0.15, -0.1) is 0 Å². The molecule has 2 atom stereocenters. The Balaban J connectivity index is 1.54. The number of aliphatic hydroxyl groups is 1. The Labute approximate surface area is 178 Å². The third-order valence-electron chi connectivity index (χ3n) is 5.76. The monoisotopic (exact) mass is 426 g/mol. The second kappa shape index (κ2) is 8.35. The van der Waals surface area contributed by atoms with Gasteiger partial charge in [0.25, 0.3) is 11.8 Å². The van der Waals surface area contributed by atoms with E-state index in [-0.39, 0.29) is 36.9 Å². The van der Waals surface area contributed by atoms with Crippen LogP contribution in [0.5, 0.6) is 0 Å². The highest BCUT2D eigenvalue weighted by molar-refractivity contribution is 6.00. The first-order valence-electron chi connectivity index (χ1n) is 10.0. The third kappa shape index (κ3) is 3.84. The lowest BCUT2D eigenvalue weighted by atomic mass is 10.0. The van der Waals surface area contributed by atoms with E-state index < -0.39 is 24.0 Å². The summed E-state index contributed by atoms with van der Waals surface area (Å²) >= 11 is 0. The number of carbonyl (C=O) groups is 3. The molecule has 0 radical (unpaired) electrons. The van der Waals surface area contributed by atoms with E-state index in [1.807, 2.05) is 0 Å². The third-order valence-corrected chi connectivity index (χ3v) is 5.76. The molecule has 2 aromatic rings. The Morgan fingerprint density at radius 1 is 1.26 bits per heavy atom. The van der Waals surface area contributed by atoms with E-state index in [2.05, 4.69) is 16.0 Å². The Kier molecular flexibility index (Phi) is 5.60. The maximum absolute atomic E-state index is 14.7. The minimum absolute atomic E-state index is 0.0326. The topological polar surface area (TPSA) is 111 Å². The molecule has 0 aliphatic carbocycles. The van der Waals surface area contributed by atoms with E-state index in [0.717, 1.165) is 5.56 Å². The van der Waals surface area contributed by atoms with Crippen LogP contribution >= 0.6 is 0 Å². The lowest BCUT2D eigenvalue weighted by molar-refractivity contribution is -0.129. The van der Waals surface area contributed by atoms with Crippen LogP contribution in [0.2, 0.25) is 0 Å². The van der Waals surface area contributed by atoms with E-state index in [1.165, 1.54) is 13.1 Å². The van der Waals surface area contributed by atoms with Crippen molar-refractivity contribution in [1.29, 1.82) is 0 Å². The molecule has 4 rings (SSSR count). The summed E-state index contributed by atoms with van der Waals surface area (Å²) in [5.74, 6) is -1.55. The largest absolute Gasteiger partial charge is 0.381 e. The van der Waals surface area contributed by atoms with Crippen molar-refractivity contribution >= 4 is 23.4 Å². The molecule has 0 saturated carbocycles. The number of benzene rings is 2. The van der Waals surface area contributed by atoms with Crippen LogP contribution in [0.3, 0.4) is 0 Å². The molecule has 2 aliphatic rings. The van der Waals surface area contributed by atoms with Crippen LogP contribution in [0.1, 0.15) is 44.7 Å². The van der Waals surface area contributed by atoms with Crippen LogP contribution in [0, 0.1) is 5.82 Å². The summed E-state index contributed by atoms with van der Waals surface area (Å²) in [7, 11) is 1.44. The van der Waals surface area contributed by atoms with Crippen molar-refractivity contribution in [2.45, 2.75) is 38.2 Å². The lowest BCUT2D eigenvalue weighted by Crippen LogP contribution is -2.55. The molecule has 8 nitrogen and oxygen atoms in total. The van der Waals surface area contributed by atoms with Crippen LogP contribution in [0.4, 0.5) is 10.1 Å². The van der Waals surface area contributed by atoms with Gasteiger partial charge >= 0.3 is 0 Å². The zero-order valence-corrected chi connectivity index (χ0v) is 16.9. The van der Waals surface area contributed by atoms with Crippen LogP contribution in [-0.4, -0.2) is 47.0 Å². The summed E-state index contributed by atoms with van der Waals surface area (Å²) < 4.78 is 14.7. The molecule has 1 saturated heterocycles. The van der Waals surface area contributed by atoms with Gasteiger partial charge in [-0.25, -0.2) is 4.39 Å². The number of halogens is 1. The van der Waals surface area contributed by atoms with E-state index in [0.29, 0.717) is 23.2 Å². The van der Waals surface area contributed by atoms with Gasteiger partial charge in [-0.05, 0) is 24.6 Å². The maximum Gasteiger partial charge on any atom is 0.254 e. The van der Waals surface area contributed by atoms with Crippen molar-refractivity contribution in [2.24, 2.45) is 0 Å². The number of nitrogens with one attached hydrogen (secondary N) is 3. The van der Waals surface area contributed by atoms with Gasteiger partial charge in [0, 0.05) is 48.9 Å². The van der Waals surface area contributed by atoms with Crippen molar-refractivity contribution in [2.75, 3.05) is 12.4 Å². The number of carbonyl (C=O) groups excluding carboxylic acids is 3. The summed E-state index contributed by atoms with van der Waals surface area (Å²) in [6.45, 7) is 0.402. The number of hydrogen-bond donors (Lipinski definition) is 4. The highest BCUT2D eigenvalue weighted by atomic mass is 19.1. The smallest absolute Gasteiger partial charge is 0.254 e. The molecule has 4 N–H and O–H groups in total. The lowest BCUT2D eigenvalue weighted by Gasteiger charge is -2.35. The Morgan fingerprint density at radius 2 is 2.03 bits per heavy atom. The number of nitrogens with zero attached hydrogens (tertiary/aromatic N) is 1. The minimum Gasteiger partial charge on any atom is -0.381 e. The highest BCUT2D eigenvalue weighted by Gasteiger charge is 2.39. The van der Waals surface area contributed by atoms with Crippen molar-refractivity contribution in [3.8, 4) is 0 Å². The molecule has 31 heavy (non-hydrogen) atoms. The average Bonchev–Trinajstić information content (AvgIpc) is 3.09. The number of piperidine rings is 1. The number of amides is 3. The summed E-state index contributed by atoms with van der Waals surface area (Å²) in [6.07, 6.45) is -0.488. The van der Waals surface area contributed by atoms with E-state index in [1.54, 1.807) is 35.2 Å². The normalized spacial score (nSPS) is 20.3.